The number of fused-ring (bicyclic) bond motifs is 2. The van der Waals surface area contributed by atoms with Crippen LogP contribution >= 0.6 is 0 Å². The van der Waals surface area contributed by atoms with Crippen molar-refractivity contribution in [3.63, 3.8) is 0 Å². The average molecular weight is 388 g/mol. The molecule has 0 saturated carbocycles. The second kappa shape index (κ2) is 7.54. The predicted molar refractivity (Wildman–Crippen MR) is 116 cm³/mol. The summed E-state index contributed by atoms with van der Waals surface area (Å²) >= 11 is 0. The summed E-state index contributed by atoms with van der Waals surface area (Å²) in [7, 11) is 1.55. The summed E-state index contributed by atoms with van der Waals surface area (Å²) in [5.74, 6) is 1.16. The fourth-order valence-corrected chi connectivity index (χ4v) is 3.43. The van der Waals surface area contributed by atoms with E-state index in [2.05, 4.69) is 43.3 Å². The van der Waals surface area contributed by atoms with Gasteiger partial charge in [0.2, 0.25) is 0 Å². The molecule has 1 N–H and O–H groups in total. The molecule has 29 heavy (non-hydrogen) atoms. The number of pyridine rings is 1. The Hall–Kier alpha value is -3.41. The number of ether oxygens (including phenoxy) is 1. The fraction of sp³-hybridized carbons (Fsp3) is 0.261. The molecule has 6 heteroatoms. The van der Waals surface area contributed by atoms with E-state index < -0.39 is 0 Å². The maximum atomic E-state index is 12.9. The standard InChI is InChI=1S/C23H24N4O2/c1-14(2)13-27-22-18(12-16-10-9-15(3)11-19(16)24-22)21(26-27)25-23(28)17-7-5-6-8-20(17)29-4/h5-12,14H,13H2,1-4H3,(H,25,26,28). The number of para-hydroxylation sites is 1. The first-order valence-electron chi connectivity index (χ1n) is 9.68. The van der Waals surface area contributed by atoms with Crippen LogP contribution in [0.15, 0.2) is 48.5 Å². The number of methoxy groups -OCH3 is 1. The second-order valence-corrected chi connectivity index (χ2v) is 7.63. The van der Waals surface area contributed by atoms with Crippen molar-refractivity contribution in [3.8, 4) is 5.75 Å². The molecule has 0 aliphatic carbocycles. The molecule has 0 aliphatic rings. The zero-order valence-electron chi connectivity index (χ0n) is 17.1. The molecular weight excluding hydrogens is 364 g/mol. The summed E-state index contributed by atoms with van der Waals surface area (Å²) in [5, 5.41) is 9.47. The number of aryl methyl sites for hydroxylation is 1. The minimum absolute atomic E-state index is 0.262. The first kappa shape index (κ1) is 18.9. The summed E-state index contributed by atoms with van der Waals surface area (Å²) in [6, 6.07) is 15.3. The highest BCUT2D eigenvalue weighted by atomic mass is 16.5. The summed E-state index contributed by atoms with van der Waals surface area (Å²) in [6.07, 6.45) is 0. The van der Waals surface area contributed by atoms with Crippen molar-refractivity contribution >= 4 is 33.7 Å². The third-order valence-corrected chi connectivity index (χ3v) is 4.79. The third kappa shape index (κ3) is 3.66. The molecule has 4 rings (SSSR count). The summed E-state index contributed by atoms with van der Waals surface area (Å²) in [5.41, 5.74) is 3.31. The van der Waals surface area contributed by atoms with E-state index >= 15 is 0 Å². The lowest BCUT2D eigenvalue weighted by atomic mass is 10.1. The molecule has 148 valence electrons. The van der Waals surface area contributed by atoms with Crippen molar-refractivity contribution < 1.29 is 9.53 Å². The van der Waals surface area contributed by atoms with E-state index in [9.17, 15) is 4.79 Å². The SMILES string of the molecule is COc1ccccc1C(=O)Nc1nn(CC(C)C)c2nc3cc(C)ccc3cc12. The monoisotopic (exact) mass is 388 g/mol. The topological polar surface area (TPSA) is 69.0 Å². The van der Waals surface area contributed by atoms with Gasteiger partial charge < -0.3 is 10.1 Å². The molecule has 0 fully saturated rings. The minimum Gasteiger partial charge on any atom is -0.496 e. The Balaban J connectivity index is 1.82. The number of nitrogens with one attached hydrogen (secondary N) is 1. The van der Waals surface area contributed by atoms with Gasteiger partial charge >= 0.3 is 0 Å². The Morgan fingerprint density at radius 3 is 2.72 bits per heavy atom. The van der Waals surface area contributed by atoms with Crippen LogP contribution in [-0.2, 0) is 6.54 Å². The smallest absolute Gasteiger partial charge is 0.260 e. The number of hydrogen-bond donors (Lipinski definition) is 1. The molecule has 0 unspecified atom stereocenters. The zero-order valence-corrected chi connectivity index (χ0v) is 17.1. The molecule has 0 saturated heterocycles. The predicted octanol–water partition coefficient (Wildman–Crippen LogP) is 4.81. The van der Waals surface area contributed by atoms with E-state index in [0.717, 1.165) is 27.5 Å². The van der Waals surface area contributed by atoms with Gasteiger partial charge in [0.05, 0.1) is 23.6 Å². The van der Waals surface area contributed by atoms with Crippen LogP contribution in [0.4, 0.5) is 5.82 Å². The lowest BCUT2D eigenvalue weighted by Crippen LogP contribution is -2.14. The molecule has 0 bridgehead atoms. The van der Waals surface area contributed by atoms with Gasteiger partial charge in [0.25, 0.3) is 5.91 Å². The highest BCUT2D eigenvalue weighted by molar-refractivity contribution is 6.10. The first-order chi connectivity index (χ1) is 14.0. The maximum absolute atomic E-state index is 12.9. The van der Waals surface area contributed by atoms with E-state index in [1.165, 1.54) is 0 Å². The van der Waals surface area contributed by atoms with Gasteiger partial charge in [-0.2, -0.15) is 5.10 Å². The van der Waals surface area contributed by atoms with Crippen molar-refractivity contribution in [2.24, 2.45) is 5.92 Å². The van der Waals surface area contributed by atoms with Crippen LogP contribution in [0.1, 0.15) is 29.8 Å². The van der Waals surface area contributed by atoms with Gasteiger partial charge in [-0.3, -0.25) is 4.79 Å². The van der Waals surface area contributed by atoms with E-state index in [4.69, 9.17) is 9.72 Å². The number of amides is 1. The summed E-state index contributed by atoms with van der Waals surface area (Å²) in [4.78, 5) is 17.8. The van der Waals surface area contributed by atoms with Crippen LogP contribution in [0.3, 0.4) is 0 Å². The third-order valence-electron chi connectivity index (χ3n) is 4.79. The number of benzene rings is 2. The molecule has 2 heterocycles. The van der Waals surface area contributed by atoms with Gasteiger partial charge in [0.15, 0.2) is 11.5 Å². The van der Waals surface area contributed by atoms with Crippen LogP contribution in [0.5, 0.6) is 5.75 Å². The fourth-order valence-electron chi connectivity index (χ4n) is 3.43. The Morgan fingerprint density at radius 1 is 1.17 bits per heavy atom. The maximum Gasteiger partial charge on any atom is 0.260 e. The molecule has 0 radical (unpaired) electrons. The van der Waals surface area contributed by atoms with E-state index in [1.54, 1.807) is 19.2 Å². The number of carbonyl (C=O) groups excluding carboxylic acids is 1. The van der Waals surface area contributed by atoms with Crippen molar-refractivity contribution in [1.82, 2.24) is 14.8 Å². The van der Waals surface area contributed by atoms with Gasteiger partial charge in [0.1, 0.15) is 5.75 Å². The molecule has 0 atom stereocenters. The summed E-state index contributed by atoms with van der Waals surface area (Å²) in [6.45, 7) is 7.03. The average Bonchev–Trinajstić information content (AvgIpc) is 3.01. The van der Waals surface area contributed by atoms with Gasteiger partial charge in [-0.1, -0.05) is 38.1 Å². The minimum atomic E-state index is -0.262. The number of anilines is 1. The van der Waals surface area contributed by atoms with Crippen molar-refractivity contribution in [3.05, 3.63) is 59.7 Å². The molecule has 1 amide bonds. The Morgan fingerprint density at radius 2 is 1.97 bits per heavy atom. The number of carbonyl (C=O) groups is 1. The molecular formula is C23H24N4O2. The summed E-state index contributed by atoms with van der Waals surface area (Å²) < 4.78 is 7.19. The second-order valence-electron chi connectivity index (χ2n) is 7.63. The number of hydrogen-bond acceptors (Lipinski definition) is 4. The van der Waals surface area contributed by atoms with Crippen molar-refractivity contribution in [2.45, 2.75) is 27.3 Å². The Kier molecular flexibility index (Phi) is 4.92. The highest BCUT2D eigenvalue weighted by Crippen LogP contribution is 2.28. The van der Waals surface area contributed by atoms with Crippen molar-refractivity contribution in [2.75, 3.05) is 12.4 Å². The quantitative estimate of drug-likeness (QED) is 0.533. The molecule has 4 aromatic rings. The highest BCUT2D eigenvalue weighted by Gasteiger charge is 2.18. The normalized spacial score (nSPS) is 11.3. The largest absolute Gasteiger partial charge is 0.496 e. The number of rotatable bonds is 5. The molecule has 0 aliphatic heterocycles. The van der Waals surface area contributed by atoms with Gasteiger partial charge in [0, 0.05) is 11.9 Å². The van der Waals surface area contributed by atoms with Crippen LogP contribution in [0.25, 0.3) is 21.9 Å². The number of nitrogens with zero attached hydrogens (tertiary/aromatic N) is 3. The lowest BCUT2D eigenvalue weighted by Gasteiger charge is -2.08. The Bertz CT molecular complexity index is 1210. The van der Waals surface area contributed by atoms with Crippen LogP contribution in [0, 0.1) is 12.8 Å². The molecule has 2 aromatic heterocycles. The molecule has 6 nitrogen and oxygen atoms in total. The van der Waals surface area contributed by atoms with Crippen LogP contribution in [0.2, 0.25) is 0 Å². The van der Waals surface area contributed by atoms with Crippen LogP contribution < -0.4 is 10.1 Å². The number of aromatic nitrogens is 3. The molecule has 0 spiro atoms. The van der Waals surface area contributed by atoms with E-state index in [0.29, 0.717) is 29.6 Å². The molecule has 2 aromatic carbocycles. The van der Waals surface area contributed by atoms with E-state index in [-0.39, 0.29) is 5.91 Å². The van der Waals surface area contributed by atoms with Crippen molar-refractivity contribution in [1.29, 1.82) is 0 Å². The van der Waals surface area contributed by atoms with Gasteiger partial charge in [-0.25, -0.2) is 9.67 Å². The lowest BCUT2D eigenvalue weighted by molar-refractivity contribution is 0.102. The zero-order chi connectivity index (χ0) is 20.5. The van der Waals surface area contributed by atoms with E-state index in [1.807, 2.05) is 28.9 Å². The van der Waals surface area contributed by atoms with Crippen LogP contribution in [-0.4, -0.2) is 27.8 Å². The van der Waals surface area contributed by atoms with Gasteiger partial charge in [-0.15, -0.1) is 0 Å². The first-order valence-corrected chi connectivity index (χ1v) is 9.68. The Labute approximate surface area is 169 Å². The van der Waals surface area contributed by atoms with Gasteiger partial charge in [-0.05, 0) is 42.7 Å².